The van der Waals surface area contributed by atoms with Crippen molar-refractivity contribution in [3.05, 3.63) is 24.1 Å². The van der Waals surface area contributed by atoms with E-state index in [4.69, 9.17) is 0 Å². The molecular formula is C8H6F4N2OS. The van der Waals surface area contributed by atoms with Crippen molar-refractivity contribution in [3.63, 3.8) is 0 Å². The molecule has 1 aromatic rings. The van der Waals surface area contributed by atoms with Gasteiger partial charge in [0, 0.05) is 6.20 Å². The zero-order chi connectivity index (χ0) is 12.2. The lowest BCUT2D eigenvalue weighted by Gasteiger charge is -2.06. The Morgan fingerprint density at radius 2 is 2.19 bits per heavy atom. The van der Waals surface area contributed by atoms with E-state index in [9.17, 15) is 22.4 Å². The quantitative estimate of drug-likeness (QED) is 0.842. The molecule has 88 valence electrons. The molecule has 0 aromatic carbocycles. The summed E-state index contributed by atoms with van der Waals surface area (Å²) < 4.78 is 48.1. The number of carbonyl (C=O) groups is 1. The lowest BCUT2D eigenvalue weighted by Crippen LogP contribution is -2.18. The molecule has 0 aliphatic rings. The van der Waals surface area contributed by atoms with Gasteiger partial charge >= 0.3 is 5.51 Å². The van der Waals surface area contributed by atoms with Gasteiger partial charge in [0.05, 0.1) is 5.75 Å². The molecule has 0 radical (unpaired) electrons. The van der Waals surface area contributed by atoms with Gasteiger partial charge in [0.2, 0.25) is 5.91 Å². The Kier molecular flexibility index (Phi) is 4.11. The van der Waals surface area contributed by atoms with E-state index >= 15 is 0 Å². The van der Waals surface area contributed by atoms with Crippen LogP contribution < -0.4 is 5.32 Å². The van der Waals surface area contributed by atoms with E-state index in [2.05, 4.69) is 4.98 Å². The minimum absolute atomic E-state index is 0.379. The third-order valence-electron chi connectivity index (χ3n) is 1.38. The highest BCUT2D eigenvalue weighted by Gasteiger charge is 2.29. The highest BCUT2D eigenvalue weighted by molar-refractivity contribution is 8.00. The van der Waals surface area contributed by atoms with Gasteiger partial charge in [-0.05, 0) is 23.9 Å². The van der Waals surface area contributed by atoms with Crippen LogP contribution in [0.1, 0.15) is 0 Å². The Morgan fingerprint density at radius 1 is 1.50 bits per heavy atom. The van der Waals surface area contributed by atoms with Crippen LogP contribution in [-0.4, -0.2) is 22.2 Å². The highest BCUT2D eigenvalue weighted by atomic mass is 32.2. The third kappa shape index (κ3) is 4.47. The van der Waals surface area contributed by atoms with Gasteiger partial charge in [-0.15, -0.1) is 0 Å². The molecule has 0 atom stereocenters. The molecule has 8 heteroatoms. The zero-order valence-electron chi connectivity index (χ0n) is 7.71. The number of alkyl halides is 3. The SMILES string of the molecule is O=C(CSC(F)(F)F)Nc1ncccc1F. The Morgan fingerprint density at radius 3 is 2.75 bits per heavy atom. The van der Waals surface area contributed by atoms with E-state index < -0.39 is 34.7 Å². The molecule has 1 aromatic heterocycles. The topological polar surface area (TPSA) is 42.0 Å². The monoisotopic (exact) mass is 254 g/mol. The van der Waals surface area contributed by atoms with E-state index in [1.165, 1.54) is 12.3 Å². The van der Waals surface area contributed by atoms with E-state index in [1.807, 2.05) is 5.32 Å². The first-order valence-corrected chi connectivity index (χ1v) is 4.98. The fourth-order valence-electron chi connectivity index (χ4n) is 0.793. The smallest absolute Gasteiger partial charge is 0.308 e. The number of pyridine rings is 1. The summed E-state index contributed by atoms with van der Waals surface area (Å²) in [5, 5.41) is 1.94. The minimum Gasteiger partial charge on any atom is -0.308 e. The van der Waals surface area contributed by atoms with Crippen molar-refractivity contribution in [2.24, 2.45) is 0 Å². The van der Waals surface area contributed by atoms with Crippen molar-refractivity contribution in [3.8, 4) is 0 Å². The molecule has 16 heavy (non-hydrogen) atoms. The van der Waals surface area contributed by atoms with Gasteiger partial charge in [-0.1, -0.05) is 0 Å². The number of halogens is 4. The molecule has 1 rings (SSSR count). The van der Waals surface area contributed by atoms with Crippen LogP contribution in [0.25, 0.3) is 0 Å². The highest BCUT2D eigenvalue weighted by Crippen LogP contribution is 2.29. The molecule has 0 bridgehead atoms. The number of aromatic nitrogens is 1. The second-order valence-corrected chi connectivity index (χ2v) is 3.66. The molecule has 0 aliphatic heterocycles. The predicted octanol–water partition coefficient (Wildman–Crippen LogP) is 2.41. The van der Waals surface area contributed by atoms with Crippen molar-refractivity contribution < 1.29 is 22.4 Å². The molecule has 0 saturated carbocycles. The summed E-state index contributed by atoms with van der Waals surface area (Å²) in [5.74, 6) is -2.97. The van der Waals surface area contributed by atoms with Gasteiger partial charge in [-0.25, -0.2) is 9.37 Å². The van der Waals surface area contributed by atoms with Crippen LogP contribution >= 0.6 is 11.8 Å². The van der Waals surface area contributed by atoms with Gasteiger partial charge in [-0.3, -0.25) is 4.79 Å². The van der Waals surface area contributed by atoms with Gasteiger partial charge in [-0.2, -0.15) is 13.2 Å². The van der Waals surface area contributed by atoms with Crippen molar-refractivity contribution in [2.45, 2.75) is 5.51 Å². The van der Waals surface area contributed by atoms with Crippen LogP contribution in [0.5, 0.6) is 0 Å². The van der Waals surface area contributed by atoms with Crippen molar-refractivity contribution in [1.29, 1.82) is 0 Å². The summed E-state index contributed by atoms with van der Waals surface area (Å²) in [6.07, 6.45) is 1.22. The molecule has 1 heterocycles. The summed E-state index contributed by atoms with van der Waals surface area (Å²) in [6, 6.07) is 2.34. The summed E-state index contributed by atoms with van der Waals surface area (Å²) in [4.78, 5) is 14.4. The molecular weight excluding hydrogens is 248 g/mol. The van der Waals surface area contributed by atoms with Gasteiger partial charge in [0.15, 0.2) is 11.6 Å². The average molecular weight is 254 g/mol. The van der Waals surface area contributed by atoms with E-state index in [1.54, 1.807) is 0 Å². The first-order chi connectivity index (χ1) is 7.38. The van der Waals surface area contributed by atoms with Crippen LogP contribution in [0.3, 0.4) is 0 Å². The Bertz CT molecular complexity index is 383. The molecule has 1 N–H and O–H groups in total. The van der Waals surface area contributed by atoms with Crippen LogP contribution in [-0.2, 0) is 4.79 Å². The minimum atomic E-state index is -4.49. The number of nitrogens with zero attached hydrogens (tertiary/aromatic N) is 1. The maximum absolute atomic E-state index is 12.9. The number of hydrogen-bond donors (Lipinski definition) is 1. The second kappa shape index (κ2) is 5.15. The maximum atomic E-state index is 12.9. The first kappa shape index (κ1) is 12.8. The Balaban J connectivity index is 2.50. The molecule has 3 nitrogen and oxygen atoms in total. The molecule has 1 amide bonds. The Labute approximate surface area is 92.2 Å². The van der Waals surface area contributed by atoms with Gasteiger partial charge in [0.1, 0.15) is 0 Å². The molecule has 0 saturated heterocycles. The maximum Gasteiger partial charge on any atom is 0.442 e. The summed E-state index contributed by atoms with van der Waals surface area (Å²) >= 11 is -0.495. The summed E-state index contributed by atoms with van der Waals surface area (Å²) in [5.41, 5.74) is -4.49. The van der Waals surface area contributed by atoms with E-state index in [0.717, 1.165) is 6.07 Å². The fourth-order valence-corrected chi connectivity index (χ4v) is 1.16. The van der Waals surface area contributed by atoms with Crippen LogP contribution in [0.15, 0.2) is 18.3 Å². The molecule has 0 spiro atoms. The van der Waals surface area contributed by atoms with Gasteiger partial charge < -0.3 is 5.32 Å². The van der Waals surface area contributed by atoms with Crippen molar-refractivity contribution in [1.82, 2.24) is 4.98 Å². The number of carbonyl (C=O) groups excluding carboxylic acids is 1. The van der Waals surface area contributed by atoms with Crippen molar-refractivity contribution >= 4 is 23.5 Å². The molecule has 0 aliphatic carbocycles. The number of amides is 1. The van der Waals surface area contributed by atoms with Gasteiger partial charge in [0.25, 0.3) is 0 Å². The van der Waals surface area contributed by atoms with Crippen molar-refractivity contribution in [2.75, 3.05) is 11.1 Å². The lowest BCUT2D eigenvalue weighted by atomic mass is 10.4. The number of rotatable bonds is 3. The van der Waals surface area contributed by atoms with E-state index in [-0.39, 0.29) is 5.82 Å². The summed E-state index contributed by atoms with van der Waals surface area (Å²) in [7, 11) is 0. The second-order valence-electron chi connectivity index (χ2n) is 2.62. The normalized spacial score (nSPS) is 11.2. The standard InChI is InChI=1S/C8H6F4N2OS/c9-5-2-1-3-13-7(5)14-6(15)4-16-8(10,11)12/h1-3H,4H2,(H,13,14,15). The summed E-state index contributed by atoms with van der Waals surface area (Å²) in [6.45, 7) is 0. The number of thioether (sulfide) groups is 1. The number of anilines is 1. The third-order valence-corrected chi connectivity index (χ3v) is 2.12. The van der Waals surface area contributed by atoms with Crippen LogP contribution in [0.4, 0.5) is 23.4 Å². The number of nitrogens with one attached hydrogen (secondary N) is 1. The predicted molar refractivity (Wildman–Crippen MR) is 51.3 cm³/mol. The Hall–Kier alpha value is -1.31. The number of hydrogen-bond acceptors (Lipinski definition) is 3. The largest absolute Gasteiger partial charge is 0.442 e. The lowest BCUT2D eigenvalue weighted by molar-refractivity contribution is -0.114. The van der Waals surface area contributed by atoms with Crippen LogP contribution in [0.2, 0.25) is 0 Å². The van der Waals surface area contributed by atoms with E-state index in [0.29, 0.717) is 0 Å². The fraction of sp³-hybridized carbons (Fsp3) is 0.250. The van der Waals surface area contributed by atoms with Crippen LogP contribution in [0, 0.1) is 5.82 Å². The molecule has 0 fully saturated rings. The first-order valence-electron chi connectivity index (χ1n) is 3.99. The molecule has 0 unspecified atom stereocenters. The average Bonchev–Trinajstić information content (AvgIpc) is 2.18. The zero-order valence-corrected chi connectivity index (χ0v) is 8.53.